The molecule has 172 valence electrons. The molecule has 1 fully saturated rings. The Morgan fingerprint density at radius 3 is 2.53 bits per heavy atom. The Labute approximate surface area is 203 Å². The van der Waals surface area contributed by atoms with Crippen molar-refractivity contribution < 1.29 is 28.2 Å². The number of benzene rings is 3. The van der Waals surface area contributed by atoms with Gasteiger partial charge in [-0.25, -0.2) is 9.18 Å². The maximum atomic E-state index is 13.3. The first-order chi connectivity index (χ1) is 16.4. The van der Waals surface area contributed by atoms with Crippen molar-refractivity contribution >= 4 is 46.6 Å². The molecule has 0 aliphatic carbocycles. The second kappa shape index (κ2) is 10.1. The number of ether oxygens (including phenoxy) is 2. The molecule has 0 unspecified atom stereocenters. The molecule has 9 heteroatoms. The van der Waals surface area contributed by atoms with Gasteiger partial charge in [0.25, 0.3) is 11.1 Å². The second-order valence-corrected chi connectivity index (χ2v) is 8.57. The van der Waals surface area contributed by atoms with Gasteiger partial charge in [0.05, 0.1) is 24.1 Å². The molecule has 1 aliphatic heterocycles. The number of nitrogens with zero attached hydrogens (tertiary/aromatic N) is 1. The third kappa shape index (κ3) is 5.13. The number of imide groups is 1. The maximum absolute atomic E-state index is 13.3. The molecule has 0 atom stereocenters. The predicted molar refractivity (Wildman–Crippen MR) is 127 cm³/mol. The van der Waals surface area contributed by atoms with Crippen LogP contribution in [0, 0.1) is 5.82 Å². The lowest BCUT2D eigenvalue weighted by Crippen LogP contribution is -2.27. The second-order valence-electron chi connectivity index (χ2n) is 7.17. The smallest absolute Gasteiger partial charge is 0.343 e. The van der Waals surface area contributed by atoms with Crippen LogP contribution in [0.4, 0.5) is 9.18 Å². The molecule has 1 saturated heterocycles. The maximum Gasteiger partial charge on any atom is 0.343 e. The van der Waals surface area contributed by atoms with Gasteiger partial charge in [-0.05, 0) is 65.4 Å². The van der Waals surface area contributed by atoms with E-state index in [4.69, 9.17) is 21.1 Å². The average molecular weight is 498 g/mol. The lowest BCUT2D eigenvalue weighted by Gasteiger charge is -2.13. The van der Waals surface area contributed by atoms with Crippen LogP contribution in [0.3, 0.4) is 0 Å². The summed E-state index contributed by atoms with van der Waals surface area (Å²) >= 11 is 6.82. The van der Waals surface area contributed by atoms with E-state index in [9.17, 15) is 18.8 Å². The Morgan fingerprint density at radius 1 is 1.06 bits per heavy atom. The number of halogens is 2. The van der Waals surface area contributed by atoms with Crippen LogP contribution in [0.2, 0.25) is 5.02 Å². The van der Waals surface area contributed by atoms with Crippen molar-refractivity contribution in [2.45, 2.75) is 6.54 Å². The molecular formula is C25H17ClFNO5S. The van der Waals surface area contributed by atoms with Crippen molar-refractivity contribution in [1.29, 1.82) is 0 Å². The van der Waals surface area contributed by atoms with Gasteiger partial charge in [-0.1, -0.05) is 41.9 Å². The van der Waals surface area contributed by atoms with E-state index in [-0.39, 0.29) is 28.0 Å². The minimum atomic E-state index is -0.535. The summed E-state index contributed by atoms with van der Waals surface area (Å²) in [5, 5.41) is -0.328. The zero-order valence-electron chi connectivity index (χ0n) is 17.8. The topological polar surface area (TPSA) is 72.9 Å². The van der Waals surface area contributed by atoms with Gasteiger partial charge in [0, 0.05) is 5.02 Å². The number of esters is 1. The van der Waals surface area contributed by atoms with Gasteiger partial charge in [0.1, 0.15) is 5.82 Å². The molecule has 0 spiro atoms. The highest BCUT2D eigenvalue weighted by atomic mass is 35.5. The summed E-state index contributed by atoms with van der Waals surface area (Å²) < 4.78 is 24.0. The van der Waals surface area contributed by atoms with E-state index >= 15 is 0 Å². The van der Waals surface area contributed by atoms with Crippen LogP contribution in [-0.4, -0.2) is 29.1 Å². The minimum absolute atomic E-state index is 0.0706. The molecule has 34 heavy (non-hydrogen) atoms. The van der Waals surface area contributed by atoms with Gasteiger partial charge in [0.2, 0.25) is 0 Å². The predicted octanol–water partition coefficient (Wildman–Crippen LogP) is 5.94. The number of thioether (sulfide) groups is 1. The molecule has 0 N–H and O–H groups in total. The third-order valence-electron chi connectivity index (χ3n) is 4.91. The van der Waals surface area contributed by atoms with Crippen LogP contribution >= 0.6 is 23.4 Å². The molecule has 0 radical (unpaired) electrons. The summed E-state index contributed by atoms with van der Waals surface area (Å²) in [5.41, 5.74) is 1.42. The fourth-order valence-corrected chi connectivity index (χ4v) is 4.26. The standard InChI is InChI=1S/C25H17ClFNO5S/c1-32-21-11-15(7-10-20(21)33-24(30)16-5-3-2-4-6-16)12-22-23(29)28(25(31)34-22)14-17-8-9-18(27)13-19(17)26/h2-13H,14H2,1H3/b22-12-. The normalized spacial score (nSPS) is 14.6. The fraction of sp³-hybridized carbons (Fsp3) is 0.0800. The molecule has 0 saturated carbocycles. The van der Waals surface area contributed by atoms with Crippen LogP contribution < -0.4 is 9.47 Å². The van der Waals surface area contributed by atoms with E-state index in [1.165, 1.54) is 19.2 Å². The van der Waals surface area contributed by atoms with E-state index in [2.05, 4.69) is 0 Å². The SMILES string of the molecule is COc1cc(/C=C2\SC(=O)N(Cc3ccc(F)cc3Cl)C2=O)ccc1OC(=O)c1ccccc1. The molecule has 4 rings (SSSR count). The minimum Gasteiger partial charge on any atom is -0.493 e. The highest BCUT2D eigenvalue weighted by Crippen LogP contribution is 2.36. The molecule has 0 bridgehead atoms. The molecular weight excluding hydrogens is 481 g/mol. The number of amides is 2. The highest BCUT2D eigenvalue weighted by molar-refractivity contribution is 8.18. The highest BCUT2D eigenvalue weighted by Gasteiger charge is 2.35. The first-order valence-corrected chi connectivity index (χ1v) is 11.2. The lowest BCUT2D eigenvalue weighted by molar-refractivity contribution is -0.123. The molecule has 0 aromatic heterocycles. The zero-order chi connectivity index (χ0) is 24.2. The fourth-order valence-electron chi connectivity index (χ4n) is 3.20. The number of carbonyl (C=O) groups is 3. The van der Waals surface area contributed by atoms with Crippen LogP contribution in [0.5, 0.6) is 11.5 Å². The summed E-state index contributed by atoms with van der Waals surface area (Å²) in [6.45, 7) is -0.0706. The van der Waals surface area contributed by atoms with Crippen molar-refractivity contribution in [1.82, 2.24) is 4.90 Å². The Hall–Kier alpha value is -3.62. The quantitative estimate of drug-likeness (QED) is 0.238. The van der Waals surface area contributed by atoms with Gasteiger partial charge < -0.3 is 9.47 Å². The van der Waals surface area contributed by atoms with E-state index in [0.29, 0.717) is 16.7 Å². The third-order valence-corrected chi connectivity index (χ3v) is 6.17. The van der Waals surface area contributed by atoms with Crippen LogP contribution in [0.1, 0.15) is 21.5 Å². The average Bonchev–Trinajstić information content (AvgIpc) is 3.09. The monoisotopic (exact) mass is 497 g/mol. The van der Waals surface area contributed by atoms with Crippen LogP contribution in [0.15, 0.2) is 71.6 Å². The van der Waals surface area contributed by atoms with Gasteiger partial charge >= 0.3 is 5.97 Å². The van der Waals surface area contributed by atoms with Gasteiger partial charge in [0.15, 0.2) is 11.5 Å². The van der Waals surface area contributed by atoms with Crippen molar-refractivity contribution in [3.8, 4) is 11.5 Å². The molecule has 3 aromatic rings. The Kier molecular flexibility index (Phi) is 7.00. The molecule has 6 nitrogen and oxygen atoms in total. The number of rotatable bonds is 6. The lowest BCUT2D eigenvalue weighted by atomic mass is 10.1. The Bertz CT molecular complexity index is 1310. The van der Waals surface area contributed by atoms with Crippen molar-refractivity contribution in [2.24, 2.45) is 0 Å². The summed E-state index contributed by atoms with van der Waals surface area (Å²) in [5.74, 6) is -1.03. The van der Waals surface area contributed by atoms with Gasteiger partial charge in [-0.15, -0.1) is 0 Å². The van der Waals surface area contributed by atoms with Gasteiger partial charge in [-0.2, -0.15) is 0 Å². The summed E-state index contributed by atoms with van der Waals surface area (Å²) in [7, 11) is 1.43. The number of hydrogen-bond acceptors (Lipinski definition) is 6. The first kappa shape index (κ1) is 23.5. The summed E-state index contributed by atoms with van der Waals surface area (Å²) in [4.78, 5) is 38.8. The first-order valence-electron chi connectivity index (χ1n) is 10.0. The van der Waals surface area contributed by atoms with Crippen molar-refractivity contribution in [3.63, 3.8) is 0 Å². The van der Waals surface area contributed by atoms with Crippen LogP contribution in [0.25, 0.3) is 6.08 Å². The Morgan fingerprint density at radius 2 is 1.82 bits per heavy atom. The number of hydrogen-bond donors (Lipinski definition) is 0. The molecule has 1 aliphatic rings. The summed E-state index contributed by atoms with van der Waals surface area (Å²) in [6.07, 6.45) is 1.54. The van der Waals surface area contributed by atoms with Gasteiger partial charge in [-0.3, -0.25) is 14.5 Å². The number of carbonyl (C=O) groups excluding carboxylic acids is 3. The van der Waals surface area contributed by atoms with Crippen molar-refractivity contribution in [3.05, 3.63) is 99.2 Å². The summed E-state index contributed by atoms with van der Waals surface area (Å²) in [6, 6.07) is 17.1. The molecule has 1 heterocycles. The largest absolute Gasteiger partial charge is 0.493 e. The molecule has 3 aromatic carbocycles. The van der Waals surface area contributed by atoms with E-state index in [1.54, 1.807) is 54.6 Å². The number of methoxy groups -OCH3 is 1. The van der Waals surface area contributed by atoms with Crippen LogP contribution in [-0.2, 0) is 11.3 Å². The van der Waals surface area contributed by atoms with E-state index in [0.717, 1.165) is 22.7 Å². The van der Waals surface area contributed by atoms with E-state index in [1.807, 2.05) is 0 Å². The molecule has 2 amide bonds. The van der Waals surface area contributed by atoms with E-state index < -0.39 is 22.9 Å². The zero-order valence-corrected chi connectivity index (χ0v) is 19.4. The Balaban J connectivity index is 1.52. The van der Waals surface area contributed by atoms with Crippen molar-refractivity contribution in [2.75, 3.05) is 7.11 Å².